The van der Waals surface area contributed by atoms with Crippen molar-refractivity contribution in [2.75, 3.05) is 5.73 Å². The quantitative estimate of drug-likeness (QED) is 0.698. The molecule has 2 N–H and O–H groups in total. The van der Waals surface area contributed by atoms with Crippen molar-refractivity contribution in [2.45, 2.75) is 66.7 Å². The minimum absolute atomic E-state index is 0.230. The van der Waals surface area contributed by atoms with Crippen LogP contribution in [0.25, 0.3) is 0 Å². The first-order valence-electron chi connectivity index (χ1n) is 6.98. The van der Waals surface area contributed by atoms with Gasteiger partial charge in [0.25, 0.3) is 0 Å². The van der Waals surface area contributed by atoms with Crippen LogP contribution in [0.3, 0.4) is 0 Å². The van der Waals surface area contributed by atoms with Crippen molar-refractivity contribution in [3.8, 4) is 0 Å². The standard InChI is InChI=1S/C10H15N.C7H16/c1-10(2,3)8-4-6-9(11)7-5-8;1-5-7(3,4)6-2/h4-7H,11H2,1-3H3;5-6H2,1-4H3. The molecule has 0 amide bonds. The number of benzene rings is 1. The molecule has 0 aliphatic rings. The summed E-state index contributed by atoms with van der Waals surface area (Å²) in [7, 11) is 0. The van der Waals surface area contributed by atoms with Crippen molar-refractivity contribution in [3.63, 3.8) is 0 Å². The monoisotopic (exact) mass is 249 g/mol. The Kier molecular flexibility index (Phi) is 6.45. The van der Waals surface area contributed by atoms with Gasteiger partial charge in [0.2, 0.25) is 0 Å². The van der Waals surface area contributed by atoms with E-state index in [1.807, 2.05) is 12.1 Å². The molecule has 1 heteroatoms. The highest BCUT2D eigenvalue weighted by Gasteiger charge is 2.12. The SMILES string of the molecule is CC(C)(C)c1ccc(N)cc1.CCC(C)(C)CC. The van der Waals surface area contributed by atoms with Crippen LogP contribution in [0.1, 0.15) is 66.9 Å². The lowest BCUT2D eigenvalue weighted by atomic mass is 9.87. The molecule has 0 bridgehead atoms. The zero-order chi connectivity index (χ0) is 14.4. The summed E-state index contributed by atoms with van der Waals surface area (Å²) in [6, 6.07) is 8.05. The molecule has 1 aromatic carbocycles. The summed E-state index contributed by atoms with van der Waals surface area (Å²) in [5.74, 6) is 0. The first-order valence-corrected chi connectivity index (χ1v) is 6.98. The van der Waals surface area contributed by atoms with E-state index in [1.165, 1.54) is 18.4 Å². The summed E-state index contributed by atoms with van der Waals surface area (Å²) < 4.78 is 0. The predicted octanol–water partition coefficient (Wildman–Crippen LogP) is 5.40. The van der Waals surface area contributed by atoms with Gasteiger partial charge in [-0.15, -0.1) is 0 Å². The maximum Gasteiger partial charge on any atom is 0.0314 e. The molecule has 0 atom stereocenters. The largest absolute Gasteiger partial charge is 0.399 e. The normalized spacial score (nSPS) is 11.7. The molecule has 104 valence electrons. The van der Waals surface area contributed by atoms with Crippen LogP contribution in [0.4, 0.5) is 5.69 Å². The molecule has 0 radical (unpaired) electrons. The fraction of sp³-hybridized carbons (Fsp3) is 0.647. The molecule has 0 aliphatic heterocycles. The summed E-state index contributed by atoms with van der Waals surface area (Å²) in [4.78, 5) is 0. The van der Waals surface area contributed by atoms with Crippen molar-refractivity contribution < 1.29 is 0 Å². The van der Waals surface area contributed by atoms with Gasteiger partial charge in [-0.25, -0.2) is 0 Å². The minimum Gasteiger partial charge on any atom is -0.399 e. The van der Waals surface area contributed by atoms with Crippen molar-refractivity contribution in [2.24, 2.45) is 5.41 Å². The van der Waals surface area contributed by atoms with Crippen molar-refractivity contribution in [1.29, 1.82) is 0 Å². The van der Waals surface area contributed by atoms with Gasteiger partial charge < -0.3 is 5.73 Å². The highest BCUT2D eigenvalue weighted by Crippen LogP contribution is 2.23. The maximum atomic E-state index is 5.57. The van der Waals surface area contributed by atoms with Crippen molar-refractivity contribution in [1.82, 2.24) is 0 Å². The van der Waals surface area contributed by atoms with E-state index in [2.05, 4.69) is 60.6 Å². The zero-order valence-electron chi connectivity index (χ0n) is 13.3. The third kappa shape index (κ3) is 6.68. The highest BCUT2D eigenvalue weighted by molar-refractivity contribution is 5.40. The van der Waals surface area contributed by atoms with Crippen LogP contribution >= 0.6 is 0 Å². The molecule has 1 nitrogen and oxygen atoms in total. The summed E-state index contributed by atoms with van der Waals surface area (Å²) in [6.45, 7) is 15.7. The van der Waals surface area contributed by atoms with Gasteiger partial charge in [-0.3, -0.25) is 0 Å². The van der Waals surface area contributed by atoms with E-state index >= 15 is 0 Å². The minimum atomic E-state index is 0.230. The third-order valence-electron chi connectivity index (χ3n) is 3.69. The second kappa shape index (κ2) is 6.82. The number of rotatable bonds is 2. The van der Waals surface area contributed by atoms with Gasteiger partial charge in [0, 0.05) is 5.69 Å². The zero-order valence-corrected chi connectivity index (χ0v) is 13.3. The lowest BCUT2D eigenvalue weighted by molar-refractivity contribution is 0.338. The van der Waals surface area contributed by atoms with Crippen molar-refractivity contribution in [3.05, 3.63) is 29.8 Å². The highest BCUT2D eigenvalue weighted by atomic mass is 14.5. The average Bonchev–Trinajstić information content (AvgIpc) is 2.29. The number of nitrogen functional groups attached to an aromatic ring is 1. The van der Waals surface area contributed by atoms with Gasteiger partial charge in [-0.2, -0.15) is 0 Å². The van der Waals surface area contributed by atoms with Gasteiger partial charge in [-0.05, 0) is 28.5 Å². The van der Waals surface area contributed by atoms with Crippen LogP contribution < -0.4 is 5.73 Å². The smallest absolute Gasteiger partial charge is 0.0314 e. The Hall–Kier alpha value is -0.980. The maximum absolute atomic E-state index is 5.57. The van der Waals surface area contributed by atoms with Gasteiger partial charge >= 0.3 is 0 Å². The fourth-order valence-electron chi connectivity index (χ4n) is 1.23. The van der Waals surface area contributed by atoms with E-state index in [0.29, 0.717) is 5.41 Å². The number of hydrogen-bond donors (Lipinski definition) is 1. The topological polar surface area (TPSA) is 26.0 Å². The van der Waals surface area contributed by atoms with E-state index in [9.17, 15) is 0 Å². The molecule has 0 spiro atoms. The van der Waals surface area contributed by atoms with E-state index in [1.54, 1.807) is 0 Å². The summed E-state index contributed by atoms with van der Waals surface area (Å²) in [6.07, 6.45) is 2.59. The van der Waals surface area contributed by atoms with Crippen LogP contribution in [0.15, 0.2) is 24.3 Å². The molecule has 1 rings (SSSR count). The summed E-state index contributed by atoms with van der Waals surface area (Å²) in [5.41, 5.74) is 8.54. The molecule has 18 heavy (non-hydrogen) atoms. The van der Waals surface area contributed by atoms with Gasteiger partial charge in [0.15, 0.2) is 0 Å². The van der Waals surface area contributed by atoms with E-state index in [4.69, 9.17) is 5.73 Å². The molecule has 0 heterocycles. The van der Waals surface area contributed by atoms with Crippen LogP contribution in [0.2, 0.25) is 0 Å². The Bertz CT molecular complexity index is 322. The van der Waals surface area contributed by atoms with Gasteiger partial charge in [-0.1, -0.05) is 73.4 Å². The van der Waals surface area contributed by atoms with Crippen LogP contribution in [0.5, 0.6) is 0 Å². The van der Waals surface area contributed by atoms with Gasteiger partial charge in [0.1, 0.15) is 0 Å². The first kappa shape index (κ1) is 17.0. The lowest BCUT2D eigenvalue weighted by Crippen LogP contribution is -2.10. The summed E-state index contributed by atoms with van der Waals surface area (Å²) >= 11 is 0. The fourth-order valence-corrected chi connectivity index (χ4v) is 1.23. The molecular formula is C17H31N. The van der Waals surface area contributed by atoms with Crippen LogP contribution in [-0.4, -0.2) is 0 Å². The second-order valence-corrected chi connectivity index (χ2v) is 6.74. The molecule has 1 aromatic rings. The third-order valence-corrected chi connectivity index (χ3v) is 3.69. The lowest BCUT2D eigenvalue weighted by Gasteiger charge is -2.18. The Morgan fingerprint density at radius 1 is 0.833 bits per heavy atom. The predicted molar refractivity (Wildman–Crippen MR) is 83.9 cm³/mol. The van der Waals surface area contributed by atoms with Gasteiger partial charge in [0.05, 0.1) is 0 Å². The Balaban J connectivity index is 0.000000360. The molecule has 0 aromatic heterocycles. The average molecular weight is 249 g/mol. The molecule has 0 aliphatic carbocycles. The number of anilines is 1. The Morgan fingerprint density at radius 2 is 1.22 bits per heavy atom. The van der Waals surface area contributed by atoms with Crippen LogP contribution in [0, 0.1) is 5.41 Å². The molecule has 0 fully saturated rings. The van der Waals surface area contributed by atoms with E-state index in [-0.39, 0.29) is 5.41 Å². The van der Waals surface area contributed by atoms with Crippen molar-refractivity contribution >= 4 is 5.69 Å². The van der Waals surface area contributed by atoms with E-state index < -0.39 is 0 Å². The number of nitrogens with two attached hydrogens (primary N) is 1. The van der Waals surface area contributed by atoms with Crippen LogP contribution in [-0.2, 0) is 5.41 Å². The molecule has 0 unspecified atom stereocenters. The Labute approximate surface area is 114 Å². The first-order chi connectivity index (χ1) is 8.12. The molecule has 0 saturated carbocycles. The number of hydrogen-bond acceptors (Lipinski definition) is 1. The molecule has 0 saturated heterocycles. The molecular weight excluding hydrogens is 218 g/mol. The Morgan fingerprint density at radius 3 is 1.44 bits per heavy atom. The van der Waals surface area contributed by atoms with E-state index in [0.717, 1.165) is 5.69 Å². The second-order valence-electron chi connectivity index (χ2n) is 6.74. The summed E-state index contributed by atoms with van der Waals surface area (Å²) in [5, 5.41) is 0.